The van der Waals surface area contributed by atoms with Crippen LogP contribution >= 0.6 is 0 Å². The number of nitrogens with one attached hydrogen (secondary N) is 1. The number of carbonyl (C=O) groups is 2. The number of carbonyl (C=O) groups excluding carboxylic acids is 2. The van der Waals surface area contributed by atoms with Gasteiger partial charge in [0.2, 0.25) is 0 Å². The molecule has 0 bridgehead atoms. The standard InChI is InChI=1S/C16H26N2.C5H11N.C4H8O.C2H3N.C2H4O/c1-15(2)7-5-9-17-11-13-18(14-12-17)10-6-8-16(3)4;1-2-4-6-5-3-1;1-4(2)3-5;2*1-2-3/h5-10H,11-14H2,1-4H3;6H,1-5H2;3-4H,1-2H3;1H3;2H,1H3/b9-5+,10-6+;;;;. The molecule has 2 aliphatic heterocycles. The maximum atomic E-state index is 9.50. The van der Waals surface area contributed by atoms with Gasteiger partial charge >= 0.3 is 0 Å². The molecule has 0 aromatic rings. The number of nitriles is 1. The zero-order chi connectivity index (χ0) is 27.3. The Balaban J connectivity index is -0.000000488. The minimum Gasteiger partial charge on any atom is -0.374 e. The highest BCUT2D eigenvalue weighted by atomic mass is 16.1. The SMILES string of the molecule is C1CCNCC1.CC#N.CC(C)=C/C=C/N1CCN(/C=C/C=C(C)C)CC1.CC(C)C=O.CC=O. The van der Waals surface area contributed by atoms with E-state index >= 15 is 0 Å². The van der Waals surface area contributed by atoms with E-state index in [1.807, 2.05) is 13.8 Å². The van der Waals surface area contributed by atoms with Crippen LogP contribution in [0.15, 0.2) is 47.9 Å². The number of piperidine rings is 1. The van der Waals surface area contributed by atoms with Crippen molar-refractivity contribution in [1.82, 2.24) is 15.1 Å². The molecule has 35 heavy (non-hydrogen) atoms. The Morgan fingerprint density at radius 2 is 1.14 bits per heavy atom. The molecule has 0 aliphatic carbocycles. The summed E-state index contributed by atoms with van der Waals surface area (Å²) in [5, 5.41) is 10.6. The quantitative estimate of drug-likeness (QED) is 0.383. The molecule has 0 aromatic carbocycles. The van der Waals surface area contributed by atoms with Crippen molar-refractivity contribution in [3.05, 3.63) is 47.9 Å². The monoisotopic (exact) mass is 488 g/mol. The van der Waals surface area contributed by atoms with E-state index in [9.17, 15) is 4.79 Å². The molecule has 6 nitrogen and oxygen atoms in total. The number of rotatable bonds is 5. The molecule has 0 aromatic heterocycles. The molecule has 1 N–H and O–H groups in total. The molecule has 0 saturated carbocycles. The van der Waals surface area contributed by atoms with E-state index in [4.69, 9.17) is 10.1 Å². The maximum Gasteiger partial charge on any atom is 0.122 e. The van der Waals surface area contributed by atoms with Crippen LogP contribution in [0.2, 0.25) is 0 Å². The van der Waals surface area contributed by atoms with Gasteiger partial charge in [0.15, 0.2) is 0 Å². The zero-order valence-corrected chi connectivity index (χ0v) is 23.7. The first-order valence-electron chi connectivity index (χ1n) is 12.7. The third-order valence-corrected chi connectivity index (χ3v) is 4.28. The van der Waals surface area contributed by atoms with Gasteiger partial charge in [0.25, 0.3) is 0 Å². The fourth-order valence-corrected chi connectivity index (χ4v) is 2.55. The lowest BCUT2D eigenvalue weighted by atomic mass is 10.2. The third kappa shape index (κ3) is 36.1. The van der Waals surface area contributed by atoms with Gasteiger partial charge in [0, 0.05) is 39.0 Å². The summed E-state index contributed by atoms with van der Waals surface area (Å²) in [7, 11) is 0. The summed E-state index contributed by atoms with van der Waals surface area (Å²) in [6.45, 7) is 22.0. The summed E-state index contributed by atoms with van der Waals surface area (Å²) >= 11 is 0. The molecule has 0 radical (unpaired) electrons. The Morgan fingerprint density at radius 3 is 1.31 bits per heavy atom. The fraction of sp³-hybridized carbons (Fsp3) is 0.621. The van der Waals surface area contributed by atoms with Crippen LogP contribution in [0.1, 0.15) is 74.7 Å². The van der Waals surface area contributed by atoms with E-state index in [-0.39, 0.29) is 5.92 Å². The molecule has 2 heterocycles. The number of hydrogen-bond acceptors (Lipinski definition) is 6. The van der Waals surface area contributed by atoms with Crippen molar-refractivity contribution in [2.24, 2.45) is 5.92 Å². The van der Waals surface area contributed by atoms with Crippen molar-refractivity contribution in [3.8, 4) is 6.07 Å². The second-order valence-electron chi connectivity index (χ2n) is 8.89. The minimum absolute atomic E-state index is 0.204. The number of aldehydes is 2. The molecule has 2 fully saturated rings. The summed E-state index contributed by atoms with van der Waals surface area (Å²) in [5.41, 5.74) is 2.68. The largest absolute Gasteiger partial charge is 0.374 e. The average molecular weight is 489 g/mol. The molecule has 200 valence electrons. The average Bonchev–Trinajstić information content (AvgIpc) is 2.83. The van der Waals surface area contributed by atoms with Crippen LogP contribution in [0.5, 0.6) is 0 Å². The van der Waals surface area contributed by atoms with E-state index in [1.54, 1.807) is 6.07 Å². The van der Waals surface area contributed by atoms with E-state index < -0.39 is 0 Å². The maximum absolute atomic E-state index is 9.50. The molecule has 2 aliphatic rings. The summed E-state index contributed by atoms with van der Waals surface area (Å²) in [6, 6.07) is 1.75. The lowest BCUT2D eigenvalue weighted by Gasteiger charge is -2.33. The molecule has 0 amide bonds. The topological polar surface area (TPSA) is 76.4 Å². The fourth-order valence-electron chi connectivity index (χ4n) is 2.55. The molecule has 6 heteroatoms. The summed E-state index contributed by atoms with van der Waals surface area (Å²) in [6.07, 6.45) is 18.9. The van der Waals surface area contributed by atoms with Crippen LogP contribution in [0, 0.1) is 17.2 Å². The smallest absolute Gasteiger partial charge is 0.122 e. The van der Waals surface area contributed by atoms with Gasteiger partial charge in [-0.3, -0.25) is 0 Å². The van der Waals surface area contributed by atoms with Crippen molar-refractivity contribution in [2.45, 2.75) is 74.7 Å². The highest BCUT2D eigenvalue weighted by molar-refractivity contribution is 5.51. The lowest BCUT2D eigenvalue weighted by molar-refractivity contribution is -0.110. The van der Waals surface area contributed by atoms with Gasteiger partial charge in [0.05, 0.1) is 6.07 Å². The number of nitrogens with zero attached hydrogens (tertiary/aromatic N) is 3. The van der Waals surface area contributed by atoms with Gasteiger partial charge in [-0.1, -0.05) is 43.6 Å². The lowest BCUT2D eigenvalue weighted by Crippen LogP contribution is -2.41. The van der Waals surface area contributed by atoms with E-state index in [0.717, 1.165) is 38.8 Å². The Hall–Kier alpha value is -2.65. The Kier molecular flexibility index (Phi) is 31.0. The van der Waals surface area contributed by atoms with Gasteiger partial charge in [-0.15, -0.1) is 0 Å². The minimum atomic E-state index is 0.204. The molecule has 2 saturated heterocycles. The Bertz CT molecular complexity index is 591. The third-order valence-electron chi connectivity index (χ3n) is 4.28. The van der Waals surface area contributed by atoms with Crippen LogP contribution in [-0.2, 0) is 9.59 Å². The predicted molar refractivity (Wildman–Crippen MR) is 151 cm³/mol. The first-order chi connectivity index (χ1) is 16.7. The van der Waals surface area contributed by atoms with E-state index in [0.29, 0.717) is 0 Å². The second-order valence-corrected chi connectivity index (χ2v) is 8.89. The molecule has 0 unspecified atom stereocenters. The number of piperazine rings is 1. The highest BCUT2D eigenvalue weighted by Crippen LogP contribution is 2.04. The molecule has 2 rings (SSSR count). The predicted octanol–water partition coefficient (Wildman–Crippen LogP) is 5.90. The first-order valence-corrected chi connectivity index (χ1v) is 12.7. The van der Waals surface area contributed by atoms with Crippen LogP contribution in [0.3, 0.4) is 0 Å². The molecular weight excluding hydrogens is 436 g/mol. The zero-order valence-electron chi connectivity index (χ0n) is 23.7. The van der Waals surface area contributed by atoms with Crippen LogP contribution in [-0.4, -0.2) is 61.6 Å². The normalized spacial score (nSPS) is 14.4. The first kappa shape index (κ1) is 36.9. The van der Waals surface area contributed by atoms with Gasteiger partial charge in [-0.05, 0) is 85.1 Å². The van der Waals surface area contributed by atoms with Crippen molar-refractivity contribution < 1.29 is 9.59 Å². The van der Waals surface area contributed by atoms with Gasteiger partial charge in [-0.2, -0.15) is 5.26 Å². The van der Waals surface area contributed by atoms with Gasteiger partial charge in [0.1, 0.15) is 12.6 Å². The Labute approximate surface area is 216 Å². The van der Waals surface area contributed by atoms with Crippen LogP contribution < -0.4 is 5.32 Å². The van der Waals surface area contributed by atoms with Crippen LogP contribution in [0.25, 0.3) is 0 Å². The van der Waals surface area contributed by atoms with Gasteiger partial charge < -0.3 is 24.7 Å². The second kappa shape index (κ2) is 29.4. The molecule has 0 atom stereocenters. The van der Waals surface area contributed by atoms with E-state index in [1.165, 1.54) is 57.3 Å². The summed E-state index contributed by atoms with van der Waals surface area (Å²) in [4.78, 5) is 23.1. The van der Waals surface area contributed by atoms with Crippen LogP contribution in [0.4, 0.5) is 0 Å². The van der Waals surface area contributed by atoms with Gasteiger partial charge in [-0.25, -0.2) is 0 Å². The Morgan fingerprint density at radius 1 is 0.829 bits per heavy atom. The number of allylic oxidation sites excluding steroid dienone is 6. The van der Waals surface area contributed by atoms with Crippen molar-refractivity contribution in [2.75, 3.05) is 39.3 Å². The van der Waals surface area contributed by atoms with Crippen molar-refractivity contribution in [1.29, 1.82) is 5.26 Å². The highest BCUT2D eigenvalue weighted by Gasteiger charge is 2.10. The molecular formula is C29H52N4O2. The number of hydrogen-bond donors (Lipinski definition) is 1. The van der Waals surface area contributed by atoms with E-state index in [2.05, 4.69) is 79.5 Å². The summed E-state index contributed by atoms with van der Waals surface area (Å²) < 4.78 is 0. The van der Waals surface area contributed by atoms with Crippen molar-refractivity contribution in [3.63, 3.8) is 0 Å². The molecule has 0 spiro atoms. The summed E-state index contributed by atoms with van der Waals surface area (Å²) in [5.74, 6) is 0.204. The van der Waals surface area contributed by atoms with Crippen molar-refractivity contribution >= 4 is 12.6 Å².